The summed E-state index contributed by atoms with van der Waals surface area (Å²) in [6, 6.07) is 6.19. The van der Waals surface area contributed by atoms with Gasteiger partial charge in [-0.15, -0.1) is 0 Å². The summed E-state index contributed by atoms with van der Waals surface area (Å²) in [6.07, 6.45) is 0.771. The molecule has 0 radical (unpaired) electrons. The van der Waals surface area contributed by atoms with Crippen molar-refractivity contribution in [3.8, 4) is 34.3 Å². The molecule has 0 saturated heterocycles. The summed E-state index contributed by atoms with van der Waals surface area (Å²) in [6.45, 7) is 7.05. The van der Waals surface area contributed by atoms with Gasteiger partial charge in [0.25, 0.3) is 0 Å². The van der Waals surface area contributed by atoms with E-state index in [4.69, 9.17) is 13.9 Å². The number of phenols is 2. The molecule has 3 aromatic rings. The minimum atomic E-state index is -1.13. The SMILES string of the molecule is CC(C)=C[C@@H]1Oc2cc(O)ccc2-c2oc3cc4c(c(O)c3c(=O)c21)C[C@@H](C(C)(C)O)O4. The number of allylic oxidation sites excluding steroid dienone is 1. The van der Waals surface area contributed by atoms with Gasteiger partial charge >= 0.3 is 0 Å². The van der Waals surface area contributed by atoms with Crippen LogP contribution in [0.3, 0.4) is 0 Å². The van der Waals surface area contributed by atoms with Crippen molar-refractivity contribution in [1.82, 2.24) is 0 Å². The predicted molar refractivity (Wildman–Crippen MR) is 118 cm³/mol. The van der Waals surface area contributed by atoms with Crippen molar-refractivity contribution in [2.24, 2.45) is 0 Å². The van der Waals surface area contributed by atoms with Crippen molar-refractivity contribution in [3.05, 3.63) is 57.3 Å². The number of hydrogen-bond donors (Lipinski definition) is 3. The smallest absolute Gasteiger partial charge is 0.204 e. The summed E-state index contributed by atoms with van der Waals surface area (Å²) in [4.78, 5) is 13.7. The summed E-state index contributed by atoms with van der Waals surface area (Å²) < 4.78 is 18.1. The first-order valence-corrected chi connectivity index (χ1v) is 10.4. The average molecular weight is 436 g/mol. The van der Waals surface area contributed by atoms with Crippen LogP contribution in [0, 0.1) is 0 Å². The standard InChI is InChI=1S/C25H24O7/c1-11(2)7-17-21-23(28)20-18(32-24(21)13-6-5-12(26)8-15(13)30-17)10-16-14(22(20)27)9-19(31-16)25(3,4)29/h5-8,10,17,19,26-27,29H,9H2,1-4H3/t17-,19-/m0/s1. The Labute approximate surface area is 184 Å². The molecule has 0 unspecified atom stereocenters. The van der Waals surface area contributed by atoms with Crippen LogP contribution in [0.15, 0.2) is 45.1 Å². The fraction of sp³-hybridized carbons (Fsp3) is 0.320. The highest BCUT2D eigenvalue weighted by atomic mass is 16.5. The number of phenolic OH excluding ortho intramolecular Hbond substituents is 2. The normalized spacial score (nSPS) is 18.9. The van der Waals surface area contributed by atoms with Gasteiger partial charge in [0, 0.05) is 24.1 Å². The molecule has 3 N–H and O–H groups in total. The van der Waals surface area contributed by atoms with E-state index in [-0.39, 0.29) is 34.5 Å². The zero-order valence-electron chi connectivity index (χ0n) is 18.2. The topological polar surface area (TPSA) is 109 Å². The van der Waals surface area contributed by atoms with E-state index < -0.39 is 23.2 Å². The van der Waals surface area contributed by atoms with Crippen molar-refractivity contribution in [1.29, 1.82) is 0 Å². The molecule has 3 heterocycles. The molecule has 7 nitrogen and oxygen atoms in total. The van der Waals surface area contributed by atoms with E-state index in [0.717, 1.165) is 5.57 Å². The maximum atomic E-state index is 13.7. The Hall–Kier alpha value is -3.45. The second-order valence-electron chi connectivity index (χ2n) is 9.18. The Morgan fingerprint density at radius 3 is 2.56 bits per heavy atom. The van der Waals surface area contributed by atoms with Gasteiger partial charge < -0.3 is 29.2 Å². The molecule has 166 valence electrons. The molecule has 0 aliphatic carbocycles. The second kappa shape index (κ2) is 6.77. The van der Waals surface area contributed by atoms with Crippen LogP contribution in [0.4, 0.5) is 0 Å². The molecule has 1 aromatic heterocycles. The molecule has 7 heteroatoms. The highest BCUT2D eigenvalue weighted by Gasteiger charge is 2.39. The lowest BCUT2D eigenvalue weighted by Gasteiger charge is -2.26. The number of hydrogen-bond acceptors (Lipinski definition) is 7. The molecular formula is C25H24O7. The van der Waals surface area contributed by atoms with Crippen LogP contribution in [-0.4, -0.2) is 27.0 Å². The lowest BCUT2D eigenvalue weighted by Crippen LogP contribution is -2.39. The van der Waals surface area contributed by atoms with Gasteiger partial charge in [-0.25, -0.2) is 0 Å². The third kappa shape index (κ3) is 3.04. The van der Waals surface area contributed by atoms with Gasteiger partial charge in [0.15, 0.2) is 0 Å². The molecule has 2 aliphatic heterocycles. The Morgan fingerprint density at radius 2 is 1.88 bits per heavy atom. The minimum Gasteiger partial charge on any atom is -0.508 e. The second-order valence-corrected chi connectivity index (χ2v) is 9.18. The van der Waals surface area contributed by atoms with Crippen LogP contribution in [0.2, 0.25) is 0 Å². The number of aromatic hydroxyl groups is 2. The molecule has 0 fully saturated rings. The van der Waals surface area contributed by atoms with E-state index in [1.54, 1.807) is 32.1 Å². The van der Waals surface area contributed by atoms with E-state index >= 15 is 0 Å². The lowest BCUT2D eigenvalue weighted by atomic mass is 9.93. The van der Waals surface area contributed by atoms with Crippen molar-refractivity contribution in [2.75, 3.05) is 0 Å². The zero-order chi connectivity index (χ0) is 22.9. The van der Waals surface area contributed by atoms with Gasteiger partial charge in [0.1, 0.15) is 51.9 Å². The lowest BCUT2D eigenvalue weighted by molar-refractivity contribution is -0.0229. The quantitative estimate of drug-likeness (QED) is 0.513. The largest absolute Gasteiger partial charge is 0.508 e. The fourth-order valence-electron chi connectivity index (χ4n) is 4.31. The Bertz CT molecular complexity index is 1350. The minimum absolute atomic E-state index is 0.0350. The molecular weight excluding hydrogens is 412 g/mol. The summed E-state index contributed by atoms with van der Waals surface area (Å²) in [5, 5.41) is 31.3. The van der Waals surface area contributed by atoms with Crippen LogP contribution >= 0.6 is 0 Å². The first kappa shape index (κ1) is 20.5. The van der Waals surface area contributed by atoms with Gasteiger partial charge in [-0.05, 0) is 45.9 Å². The highest BCUT2D eigenvalue weighted by Crippen LogP contribution is 2.47. The highest BCUT2D eigenvalue weighted by molar-refractivity contribution is 5.90. The van der Waals surface area contributed by atoms with Crippen molar-refractivity contribution in [3.63, 3.8) is 0 Å². The number of benzene rings is 2. The van der Waals surface area contributed by atoms with Crippen LogP contribution in [-0.2, 0) is 6.42 Å². The molecule has 5 rings (SSSR count). The van der Waals surface area contributed by atoms with Gasteiger partial charge in [-0.2, -0.15) is 0 Å². The van der Waals surface area contributed by atoms with E-state index in [0.29, 0.717) is 28.4 Å². The molecule has 0 saturated carbocycles. The van der Waals surface area contributed by atoms with Crippen LogP contribution < -0.4 is 14.9 Å². The van der Waals surface area contributed by atoms with Crippen molar-refractivity contribution < 1.29 is 29.2 Å². The van der Waals surface area contributed by atoms with Crippen LogP contribution in [0.25, 0.3) is 22.3 Å². The number of aliphatic hydroxyl groups is 1. The fourth-order valence-corrected chi connectivity index (χ4v) is 4.31. The van der Waals surface area contributed by atoms with Crippen molar-refractivity contribution in [2.45, 2.75) is 51.9 Å². The molecule has 0 spiro atoms. The summed E-state index contributed by atoms with van der Waals surface area (Å²) in [7, 11) is 0. The van der Waals surface area contributed by atoms with Gasteiger partial charge in [-0.3, -0.25) is 4.79 Å². The molecule has 0 amide bonds. The van der Waals surface area contributed by atoms with Crippen molar-refractivity contribution >= 4 is 11.0 Å². The van der Waals surface area contributed by atoms with Gasteiger partial charge in [0.05, 0.1) is 16.7 Å². The van der Waals surface area contributed by atoms with Gasteiger partial charge in [-0.1, -0.05) is 5.57 Å². The first-order valence-electron chi connectivity index (χ1n) is 10.4. The van der Waals surface area contributed by atoms with E-state index in [1.165, 1.54) is 12.1 Å². The molecule has 2 atom stereocenters. The summed E-state index contributed by atoms with van der Waals surface area (Å²) in [5.74, 6) is 0.930. The predicted octanol–water partition coefficient (Wildman–Crippen LogP) is 4.35. The zero-order valence-corrected chi connectivity index (χ0v) is 18.2. The first-order chi connectivity index (χ1) is 15.0. The number of rotatable bonds is 2. The van der Waals surface area contributed by atoms with E-state index in [2.05, 4.69) is 0 Å². The maximum Gasteiger partial charge on any atom is 0.204 e. The molecule has 32 heavy (non-hydrogen) atoms. The average Bonchev–Trinajstić information content (AvgIpc) is 3.12. The Morgan fingerprint density at radius 1 is 1.12 bits per heavy atom. The maximum absolute atomic E-state index is 13.7. The number of ether oxygens (including phenoxy) is 2. The third-order valence-electron chi connectivity index (χ3n) is 5.94. The van der Waals surface area contributed by atoms with E-state index in [1.807, 2.05) is 13.8 Å². The summed E-state index contributed by atoms with van der Waals surface area (Å²) >= 11 is 0. The Kier molecular flexibility index (Phi) is 4.33. The van der Waals surface area contributed by atoms with Gasteiger partial charge in [0.2, 0.25) is 5.43 Å². The van der Waals surface area contributed by atoms with E-state index in [9.17, 15) is 20.1 Å². The Balaban J connectivity index is 1.80. The summed E-state index contributed by atoms with van der Waals surface area (Å²) in [5.41, 5.74) is 0.877. The molecule has 2 aromatic carbocycles. The molecule has 0 bridgehead atoms. The van der Waals surface area contributed by atoms with Crippen LogP contribution in [0.5, 0.6) is 23.0 Å². The van der Waals surface area contributed by atoms with Crippen LogP contribution in [0.1, 0.15) is 44.9 Å². The number of fused-ring (bicyclic) bond motifs is 5. The monoisotopic (exact) mass is 436 g/mol. The third-order valence-corrected chi connectivity index (χ3v) is 5.94. The molecule has 2 aliphatic rings.